The lowest BCUT2D eigenvalue weighted by molar-refractivity contribution is 0.0596. The summed E-state index contributed by atoms with van der Waals surface area (Å²) in [7, 11) is 1.41. The molecule has 2 N–H and O–H groups in total. The molecule has 0 aromatic carbocycles. The van der Waals surface area contributed by atoms with Crippen molar-refractivity contribution in [3.8, 4) is 0 Å². The minimum Gasteiger partial charge on any atom is -0.380 e. The molecule has 0 aliphatic rings. The van der Waals surface area contributed by atoms with Crippen molar-refractivity contribution in [3.63, 3.8) is 0 Å². The monoisotopic (exact) mass is 107 g/mol. The largest absolute Gasteiger partial charge is 0.380 e. The molecule has 0 saturated heterocycles. The van der Waals surface area contributed by atoms with E-state index in [2.05, 4.69) is 4.74 Å². The van der Waals surface area contributed by atoms with Gasteiger partial charge in [0.2, 0.25) is 0 Å². The Morgan fingerprint density at radius 3 is 2.29 bits per heavy atom. The number of rotatable bonds is 2. The highest BCUT2D eigenvalue weighted by molar-refractivity contribution is 4.59. The Hall–Kier alpha value is -0.150. The average Bonchev–Trinajstić information content (AvgIpc) is 1.30. The van der Waals surface area contributed by atoms with Crippen molar-refractivity contribution in [2.75, 3.05) is 13.7 Å². The quantitative estimate of drug-likeness (QED) is 0.514. The molecule has 0 bridgehead atoms. The zero-order valence-corrected chi connectivity index (χ0v) is 4.57. The van der Waals surface area contributed by atoms with Crippen LogP contribution in [0.4, 0.5) is 4.39 Å². The van der Waals surface area contributed by atoms with Crippen molar-refractivity contribution in [3.05, 3.63) is 0 Å². The van der Waals surface area contributed by atoms with Crippen LogP contribution in [0.2, 0.25) is 0 Å². The van der Waals surface area contributed by atoms with E-state index < -0.39 is 5.79 Å². The normalized spacial score (nSPS) is 18.9. The molecular formula is C4H10FNO. The van der Waals surface area contributed by atoms with Gasteiger partial charge in [-0.15, -0.1) is 0 Å². The predicted octanol–water partition coefficient (Wildman–Crippen LogP) is 0.277. The molecule has 3 heteroatoms. The molecule has 0 rings (SSSR count). The molecule has 0 aromatic heterocycles. The van der Waals surface area contributed by atoms with Crippen molar-refractivity contribution in [2.24, 2.45) is 5.73 Å². The fourth-order valence-electron chi connectivity index (χ4n) is 0.282. The molecule has 44 valence electrons. The van der Waals surface area contributed by atoms with Crippen LogP contribution in [-0.4, -0.2) is 19.5 Å². The fraction of sp³-hybridized carbons (Fsp3) is 1.00. The first-order valence-corrected chi connectivity index (χ1v) is 2.03. The molecule has 7 heavy (non-hydrogen) atoms. The summed E-state index contributed by atoms with van der Waals surface area (Å²) in [5.41, 5.74) is 4.85. The van der Waals surface area contributed by atoms with Crippen LogP contribution < -0.4 is 5.73 Å². The second kappa shape index (κ2) is 2.23. The van der Waals surface area contributed by atoms with Gasteiger partial charge in [0.25, 0.3) is 0 Å². The Balaban J connectivity index is 3.15. The number of hydrogen-bond acceptors (Lipinski definition) is 2. The van der Waals surface area contributed by atoms with Gasteiger partial charge in [-0.25, -0.2) is 4.39 Å². The van der Waals surface area contributed by atoms with Crippen LogP contribution in [0.3, 0.4) is 0 Å². The first kappa shape index (κ1) is 6.85. The van der Waals surface area contributed by atoms with E-state index in [1.807, 2.05) is 0 Å². The molecule has 0 aromatic rings. The Labute approximate surface area is 42.5 Å². The van der Waals surface area contributed by atoms with E-state index in [4.69, 9.17) is 5.73 Å². The lowest BCUT2D eigenvalue weighted by atomic mass is 10.3. The highest BCUT2D eigenvalue weighted by atomic mass is 19.1. The van der Waals surface area contributed by atoms with Crippen LogP contribution in [0.5, 0.6) is 0 Å². The fourth-order valence-corrected chi connectivity index (χ4v) is 0.282. The van der Waals surface area contributed by atoms with Gasteiger partial charge in [0.1, 0.15) is 0 Å². The summed E-state index contributed by atoms with van der Waals surface area (Å²) in [4.78, 5) is 0. The van der Waals surface area contributed by atoms with Gasteiger partial charge in [0, 0.05) is 7.11 Å². The molecule has 0 fully saturated rings. The van der Waals surface area contributed by atoms with Crippen molar-refractivity contribution >= 4 is 0 Å². The molecule has 0 spiro atoms. The van der Waals surface area contributed by atoms with E-state index in [0.717, 1.165) is 0 Å². The molecule has 0 aliphatic heterocycles. The maximum Gasteiger partial charge on any atom is 0.179 e. The number of hydrogen-bond donors (Lipinski definition) is 1. The second-order valence-corrected chi connectivity index (χ2v) is 1.71. The Kier molecular flexibility index (Phi) is 2.19. The van der Waals surface area contributed by atoms with Crippen LogP contribution in [-0.2, 0) is 4.74 Å². The van der Waals surface area contributed by atoms with Crippen LogP contribution in [0, 0.1) is 0 Å². The molecule has 0 radical (unpaired) electrons. The SMILES string of the molecule is COCC(C)(N)F. The van der Waals surface area contributed by atoms with Gasteiger partial charge in [0.15, 0.2) is 5.79 Å². The summed E-state index contributed by atoms with van der Waals surface area (Å²) in [5.74, 6) is -1.67. The van der Waals surface area contributed by atoms with Gasteiger partial charge in [0.05, 0.1) is 6.61 Å². The topological polar surface area (TPSA) is 35.2 Å². The Bertz CT molecular complexity index is 50.1. The Morgan fingerprint density at radius 1 is 1.86 bits per heavy atom. The lowest BCUT2D eigenvalue weighted by Crippen LogP contribution is -2.35. The van der Waals surface area contributed by atoms with Gasteiger partial charge < -0.3 is 4.74 Å². The third-order valence-electron chi connectivity index (χ3n) is 0.427. The second-order valence-electron chi connectivity index (χ2n) is 1.71. The third kappa shape index (κ3) is 5.85. The van der Waals surface area contributed by atoms with Gasteiger partial charge in [-0.1, -0.05) is 0 Å². The molecule has 1 atom stereocenters. The zero-order chi connectivity index (χ0) is 5.91. The summed E-state index contributed by atoms with van der Waals surface area (Å²) >= 11 is 0. The average molecular weight is 107 g/mol. The van der Waals surface area contributed by atoms with E-state index in [1.54, 1.807) is 0 Å². The molecule has 2 nitrogen and oxygen atoms in total. The van der Waals surface area contributed by atoms with E-state index in [0.29, 0.717) is 0 Å². The molecule has 0 amide bonds. The highest BCUT2D eigenvalue weighted by Crippen LogP contribution is 1.97. The van der Waals surface area contributed by atoms with Crippen LogP contribution in [0.25, 0.3) is 0 Å². The molecule has 0 heterocycles. The summed E-state index contributed by atoms with van der Waals surface area (Å²) in [5, 5.41) is 0. The summed E-state index contributed by atoms with van der Waals surface area (Å²) in [6, 6.07) is 0. The van der Waals surface area contributed by atoms with Crippen LogP contribution in [0.15, 0.2) is 0 Å². The number of methoxy groups -OCH3 is 1. The van der Waals surface area contributed by atoms with Crippen LogP contribution in [0.1, 0.15) is 6.92 Å². The highest BCUT2D eigenvalue weighted by Gasteiger charge is 2.13. The van der Waals surface area contributed by atoms with E-state index in [1.165, 1.54) is 14.0 Å². The first-order valence-electron chi connectivity index (χ1n) is 2.03. The maximum atomic E-state index is 12.0. The summed E-state index contributed by atoms with van der Waals surface area (Å²) < 4.78 is 16.4. The maximum absolute atomic E-state index is 12.0. The minimum absolute atomic E-state index is 0.0486. The van der Waals surface area contributed by atoms with Crippen molar-refractivity contribution in [1.82, 2.24) is 0 Å². The summed E-state index contributed by atoms with van der Waals surface area (Å²) in [6.07, 6.45) is 0. The first-order chi connectivity index (χ1) is 3.06. The molecule has 0 aliphatic carbocycles. The zero-order valence-electron chi connectivity index (χ0n) is 4.57. The molecule has 0 saturated carbocycles. The number of halogens is 1. The number of ether oxygens (including phenoxy) is 1. The van der Waals surface area contributed by atoms with Gasteiger partial charge >= 0.3 is 0 Å². The van der Waals surface area contributed by atoms with Gasteiger partial charge in [-0.3, -0.25) is 5.73 Å². The molecular weight excluding hydrogens is 97.0 g/mol. The van der Waals surface area contributed by atoms with Crippen molar-refractivity contribution in [2.45, 2.75) is 12.7 Å². The number of alkyl halides is 1. The van der Waals surface area contributed by atoms with Gasteiger partial charge in [-0.2, -0.15) is 0 Å². The number of nitrogens with two attached hydrogens (primary N) is 1. The van der Waals surface area contributed by atoms with E-state index in [-0.39, 0.29) is 6.61 Å². The van der Waals surface area contributed by atoms with Gasteiger partial charge in [-0.05, 0) is 6.92 Å². The lowest BCUT2D eigenvalue weighted by Gasteiger charge is -2.10. The van der Waals surface area contributed by atoms with Crippen LogP contribution >= 0.6 is 0 Å². The molecule has 1 unspecified atom stereocenters. The van der Waals surface area contributed by atoms with Crippen molar-refractivity contribution < 1.29 is 9.13 Å². The third-order valence-corrected chi connectivity index (χ3v) is 0.427. The standard InChI is InChI=1S/C4H10FNO/c1-4(5,6)3-7-2/h3,6H2,1-2H3. The predicted molar refractivity (Wildman–Crippen MR) is 25.6 cm³/mol. The van der Waals surface area contributed by atoms with E-state index >= 15 is 0 Å². The smallest absolute Gasteiger partial charge is 0.179 e. The summed E-state index contributed by atoms with van der Waals surface area (Å²) in [6.45, 7) is 1.21. The minimum atomic E-state index is -1.67. The van der Waals surface area contributed by atoms with E-state index in [9.17, 15) is 4.39 Å². The Morgan fingerprint density at radius 2 is 2.29 bits per heavy atom. The van der Waals surface area contributed by atoms with Crippen molar-refractivity contribution in [1.29, 1.82) is 0 Å².